The van der Waals surface area contributed by atoms with Crippen molar-refractivity contribution in [3.63, 3.8) is 0 Å². The van der Waals surface area contributed by atoms with Crippen molar-refractivity contribution in [1.29, 1.82) is 0 Å². The number of carboxylic acid groups (broad SMARTS) is 1. The molecular weight excluding hydrogens is 514 g/mol. The van der Waals surface area contributed by atoms with E-state index in [9.17, 15) is 9.90 Å². The maximum absolute atomic E-state index is 12.8. The Kier molecular flexibility index (Phi) is 8.01. The highest BCUT2D eigenvalue weighted by Crippen LogP contribution is 2.45. The molecule has 8 heteroatoms. The Morgan fingerprint density at radius 1 is 1.10 bits per heavy atom. The second kappa shape index (κ2) is 11.2. The molecule has 0 radical (unpaired) electrons. The van der Waals surface area contributed by atoms with Crippen molar-refractivity contribution < 1.29 is 14.6 Å². The molecule has 41 heavy (non-hydrogen) atoms. The summed E-state index contributed by atoms with van der Waals surface area (Å²) in [4.78, 5) is 22.5. The average molecular weight is 560 g/mol. The van der Waals surface area contributed by atoms with E-state index in [1.807, 2.05) is 33.8 Å². The molecule has 220 valence electrons. The molecule has 0 amide bonds. The fraction of sp³-hybridized carbons (Fsp3) is 0.545. The van der Waals surface area contributed by atoms with Gasteiger partial charge in [0, 0.05) is 67.1 Å². The zero-order chi connectivity index (χ0) is 29.5. The molecule has 2 N–H and O–H groups in total. The lowest BCUT2D eigenvalue weighted by molar-refractivity contribution is -0.160. The number of nitrogens with zero attached hydrogens (tertiary/aromatic N) is 4. The SMILES string of the molecule is Cc1nc(C)c(C(OC(C)(C)C)C(=O)O)c(N2CCC(C)(C)CC2)c1-c1ccc2c(c1)CCN(Cc1ccn[nH]1)C2. The molecule has 5 rings (SSSR count). The third kappa shape index (κ3) is 6.49. The van der Waals surface area contributed by atoms with E-state index in [2.05, 4.69) is 59.0 Å². The first-order chi connectivity index (χ1) is 19.3. The number of rotatable bonds is 7. The maximum Gasteiger partial charge on any atom is 0.337 e. The predicted molar refractivity (Wildman–Crippen MR) is 162 cm³/mol. The summed E-state index contributed by atoms with van der Waals surface area (Å²) in [5.74, 6) is -0.985. The van der Waals surface area contributed by atoms with Crippen molar-refractivity contribution in [1.82, 2.24) is 20.1 Å². The van der Waals surface area contributed by atoms with Gasteiger partial charge in [0.15, 0.2) is 6.10 Å². The minimum atomic E-state index is -1.11. The van der Waals surface area contributed by atoms with Gasteiger partial charge in [-0.3, -0.25) is 15.0 Å². The largest absolute Gasteiger partial charge is 0.479 e. The molecule has 1 unspecified atom stereocenters. The van der Waals surface area contributed by atoms with Gasteiger partial charge in [-0.15, -0.1) is 0 Å². The van der Waals surface area contributed by atoms with Gasteiger partial charge in [-0.2, -0.15) is 5.10 Å². The van der Waals surface area contributed by atoms with Crippen LogP contribution in [0.2, 0.25) is 0 Å². The van der Waals surface area contributed by atoms with E-state index < -0.39 is 17.7 Å². The van der Waals surface area contributed by atoms with Gasteiger partial charge >= 0.3 is 5.97 Å². The molecule has 1 aromatic carbocycles. The minimum Gasteiger partial charge on any atom is -0.479 e. The highest BCUT2D eigenvalue weighted by Gasteiger charge is 2.36. The number of hydrogen-bond donors (Lipinski definition) is 2. The number of pyridine rings is 1. The van der Waals surface area contributed by atoms with E-state index in [0.717, 1.165) is 85.9 Å². The molecule has 1 atom stereocenters. The molecule has 0 saturated carbocycles. The van der Waals surface area contributed by atoms with Crippen LogP contribution in [0.15, 0.2) is 30.5 Å². The van der Waals surface area contributed by atoms with Crippen molar-refractivity contribution in [2.75, 3.05) is 24.5 Å². The van der Waals surface area contributed by atoms with Crippen LogP contribution in [0.5, 0.6) is 0 Å². The monoisotopic (exact) mass is 559 g/mol. The van der Waals surface area contributed by atoms with E-state index in [0.29, 0.717) is 5.56 Å². The van der Waals surface area contributed by atoms with Gasteiger partial charge in [0.2, 0.25) is 0 Å². The second-order valence-corrected chi connectivity index (χ2v) is 13.5. The highest BCUT2D eigenvalue weighted by atomic mass is 16.5. The molecule has 3 aromatic rings. The number of carbonyl (C=O) groups is 1. The molecule has 2 aliphatic rings. The maximum atomic E-state index is 12.8. The first-order valence-electron chi connectivity index (χ1n) is 14.8. The lowest BCUT2D eigenvalue weighted by Crippen LogP contribution is -2.39. The Hall–Kier alpha value is -3.23. The molecule has 4 heterocycles. The number of ether oxygens (including phenoxy) is 1. The Morgan fingerprint density at radius 2 is 1.83 bits per heavy atom. The van der Waals surface area contributed by atoms with Gasteiger partial charge in [-0.1, -0.05) is 32.0 Å². The number of aliphatic carboxylic acids is 1. The highest BCUT2D eigenvalue weighted by molar-refractivity contribution is 5.88. The fourth-order valence-electron chi connectivity index (χ4n) is 6.27. The number of aromatic amines is 1. The summed E-state index contributed by atoms with van der Waals surface area (Å²) in [6, 6.07) is 8.77. The Labute approximate surface area is 244 Å². The molecule has 1 saturated heterocycles. The lowest BCUT2D eigenvalue weighted by Gasteiger charge is -2.41. The summed E-state index contributed by atoms with van der Waals surface area (Å²) in [6.45, 7) is 18.8. The molecule has 0 aliphatic carbocycles. The van der Waals surface area contributed by atoms with Gasteiger partial charge in [-0.25, -0.2) is 4.79 Å². The zero-order valence-electron chi connectivity index (χ0n) is 25.7. The van der Waals surface area contributed by atoms with Crippen molar-refractivity contribution >= 4 is 11.7 Å². The molecule has 2 aliphatic heterocycles. The van der Waals surface area contributed by atoms with Crippen LogP contribution in [0.3, 0.4) is 0 Å². The van der Waals surface area contributed by atoms with Gasteiger partial charge < -0.3 is 14.7 Å². The van der Waals surface area contributed by atoms with Crippen LogP contribution < -0.4 is 4.90 Å². The van der Waals surface area contributed by atoms with Gasteiger partial charge in [-0.05, 0) is 82.1 Å². The number of fused-ring (bicyclic) bond motifs is 1. The van der Waals surface area contributed by atoms with Gasteiger partial charge in [0.05, 0.1) is 11.3 Å². The number of aryl methyl sites for hydroxylation is 2. The van der Waals surface area contributed by atoms with E-state index in [1.54, 1.807) is 6.20 Å². The number of aromatic nitrogens is 3. The Balaban J connectivity index is 1.60. The summed E-state index contributed by atoms with van der Waals surface area (Å²) >= 11 is 0. The van der Waals surface area contributed by atoms with Crippen molar-refractivity contribution in [2.45, 2.75) is 92.5 Å². The average Bonchev–Trinajstić information content (AvgIpc) is 3.39. The van der Waals surface area contributed by atoms with E-state index in [1.165, 1.54) is 11.1 Å². The number of piperidine rings is 1. The van der Waals surface area contributed by atoms with Crippen LogP contribution in [0.25, 0.3) is 11.1 Å². The Bertz CT molecular complexity index is 1400. The van der Waals surface area contributed by atoms with E-state index >= 15 is 0 Å². The van der Waals surface area contributed by atoms with Crippen LogP contribution in [-0.4, -0.2) is 56.4 Å². The van der Waals surface area contributed by atoms with E-state index in [-0.39, 0.29) is 5.41 Å². The van der Waals surface area contributed by atoms with Crippen molar-refractivity contribution in [3.05, 3.63) is 64.2 Å². The molecule has 0 spiro atoms. The molecule has 0 bridgehead atoms. The molecule has 8 nitrogen and oxygen atoms in total. The van der Waals surface area contributed by atoms with Crippen molar-refractivity contribution in [3.8, 4) is 11.1 Å². The first kappa shape index (κ1) is 29.3. The second-order valence-electron chi connectivity index (χ2n) is 13.5. The van der Waals surface area contributed by atoms with Crippen LogP contribution in [0.1, 0.15) is 87.3 Å². The van der Waals surface area contributed by atoms with Crippen LogP contribution in [0, 0.1) is 19.3 Å². The van der Waals surface area contributed by atoms with Gasteiger partial charge in [0.1, 0.15) is 0 Å². The third-order valence-electron chi connectivity index (χ3n) is 8.51. The normalized spacial score (nSPS) is 18.3. The van der Waals surface area contributed by atoms with Gasteiger partial charge in [0.25, 0.3) is 0 Å². The van der Waals surface area contributed by atoms with Crippen LogP contribution in [0.4, 0.5) is 5.69 Å². The van der Waals surface area contributed by atoms with Crippen LogP contribution in [-0.2, 0) is 29.0 Å². The number of hydrogen-bond acceptors (Lipinski definition) is 6. The zero-order valence-corrected chi connectivity index (χ0v) is 25.7. The number of H-pyrrole nitrogens is 1. The predicted octanol–water partition coefficient (Wildman–Crippen LogP) is 6.21. The van der Waals surface area contributed by atoms with E-state index in [4.69, 9.17) is 9.72 Å². The minimum absolute atomic E-state index is 0.260. The summed E-state index contributed by atoms with van der Waals surface area (Å²) < 4.78 is 6.24. The fourth-order valence-corrected chi connectivity index (χ4v) is 6.27. The molecule has 2 aromatic heterocycles. The summed E-state index contributed by atoms with van der Waals surface area (Å²) in [6.07, 6.45) is 3.73. The van der Waals surface area contributed by atoms with Crippen LogP contribution >= 0.6 is 0 Å². The molecular formula is C33H45N5O3. The number of nitrogens with one attached hydrogen (secondary N) is 1. The Morgan fingerprint density at radius 3 is 2.46 bits per heavy atom. The summed E-state index contributed by atoms with van der Waals surface area (Å²) in [5, 5.41) is 17.6. The summed E-state index contributed by atoms with van der Waals surface area (Å²) in [7, 11) is 0. The quantitative estimate of drug-likeness (QED) is 0.355. The lowest BCUT2D eigenvalue weighted by atomic mass is 9.81. The topological polar surface area (TPSA) is 94.6 Å². The smallest absolute Gasteiger partial charge is 0.337 e. The summed E-state index contributed by atoms with van der Waals surface area (Å²) in [5.41, 5.74) is 8.83. The number of carboxylic acids is 1. The standard InChI is InChI=1S/C33H45N5O3/c1-21-27(24-8-9-25-19-37(15-11-23(25)18-24)20-26-10-14-34-36-26)29(38-16-12-33(6,7)13-17-38)28(22(2)35-21)30(31(39)40)41-32(3,4)5/h8-10,14,18,30H,11-13,15-17,19-20H2,1-7H3,(H,34,36)(H,39,40). The van der Waals surface area contributed by atoms with Crippen molar-refractivity contribution in [2.24, 2.45) is 5.41 Å². The molecule has 1 fully saturated rings. The number of benzene rings is 1. The third-order valence-corrected chi connectivity index (χ3v) is 8.51. The first-order valence-corrected chi connectivity index (χ1v) is 14.8. The number of anilines is 1.